The van der Waals surface area contributed by atoms with Crippen LogP contribution in [0.2, 0.25) is 0 Å². The van der Waals surface area contributed by atoms with E-state index in [9.17, 15) is 19.5 Å². The van der Waals surface area contributed by atoms with Crippen LogP contribution in [0, 0.1) is 5.92 Å². The normalized spacial score (nSPS) is 26.4. The van der Waals surface area contributed by atoms with Gasteiger partial charge < -0.3 is 10.4 Å². The average Bonchev–Trinajstić information content (AvgIpc) is 3.50. The topological polar surface area (TPSA) is 130 Å². The Morgan fingerprint density at radius 1 is 1.31 bits per heavy atom. The fraction of sp³-hybridized carbons (Fsp3) is 0.400. The van der Waals surface area contributed by atoms with Gasteiger partial charge in [0.15, 0.2) is 0 Å². The third kappa shape index (κ3) is 3.66. The Bertz CT molecular complexity index is 1120. The number of carboxylic acid groups (broad SMARTS) is 1. The number of β-lactam (4-membered cyclic amide) rings is 1. The third-order valence-electron chi connectivity index (χ3n) is 5.86. The van der Waals surface area contributed by atoms with Crippen LogP contribution in [0.5, 0.6) is 0 Å². The molecule has 0 bridgehead atoms. The molecule has 3 heterocycles. The predicted molar refractivity (Wildman–Crippen MR) is 116 cm³/mol. The summed E-state index contributed by atoms with van der Waals surface area (Å²) in [7, 11) is 1.70. The fourth-order valence-corrected chi connectivity index (χ4v) is 6.44. The molecule has 2 fully saturated rings. The molecule has 166 valence electrons. The van der Waals surface area contributed by atoms with Gasteiger partial charge in [0.2, 0.25) is 11.1 Å². The number of aryl methyl sites for hydroxylation is 1. The highest BCUT2D eigenvalue weighted by molar-refractivity contribution is 8.01. The van der Waals surface area contributed by atoms with Crippen LogP contribution >= 0.6 is 23.5 Å². The highest BCUT2D eigenvalue weighted by Crippen LogP contribution is 2.48. The molecule has 0 unspecified atom stereocenters. The highest BCUT2D eigenvalue weighted by atomic mass is 32.2. The van der Waals surface area contributed by atoms with E-state index >= 15 is 0 Å². The van der Waals surface area contributed by atoms with E-state index < -0.39 is 17.4 Å². The van der Waals surface area contributed by atoms with Gasteiger partial charge in [-0.05, 0) is 33.9 Å². The number of carbonyl (C=O) groups excluding carboxylic acids is 2. The number of hydrogen-bond donors (Lipinski definition) is 2. The van der Waals surface area contributed by atoms with E-state index in [-0.39, 0.29) is 29.3 Å². The van der Waals surface area contributed by atoms with Gasteiger partial charge in [-0.15, -0.1) is 16.9 Å². The number of tetrazole rings is 1. The van der Waals surface area contributed by atoms with E-state index in [1.54, 1.807) is 7.05 Å². The van der Waals surface area contributed by atoms with Crippen molar-refractivity contribution in [2.45, 2.75) is 28.9 Å². The van der Waals surface area contributed by atoms with Gasteiger partial charge in [0.05, 0.1) is 0 Å². The second kappa shape index (κ2) is 8.24. The lowest BCUT2D eigenvalue weighted by molar-refractivity contribution is -0.150. The molecule has 2 amide bonds. The summed E-state index contributed by atoms with van der Waals surface area (Å²) in [5.41, 5.74) is 1.76. The summed E-state index contributed by atoms with van der Waals surface area (Å²) in [5.74, 6) is -0.828. The summed E-state index contributed by atoms with van der Waals surface area (Å²) in [5, 5.41) is 24.0. The van der Waals surface area contributed by atoms with Gasteiger partial charge in [0.25, 0.3) is 5.91 Å². The van der Waals surface area contributed by atoms with Crippen molar-refractivity contribution >= 4 is 41.3 Å². The fourth-order valence-electron chi connectivity index (χ4n) is 4.10. The number of aliphatic carboxylic acids is 1. The molecule has 1 saturated heterocycles. The molecule has 32 heavy (non-hydrogen) atoms. The molecule has 1 saturated carbocycles. The molecule has 1 aliphatic carbocycles. The largest absolute Gasteiger partial charge is 0.477 e. The minimum atomic E-state index is -1.15. The monoisotopic (exact) mass is 472 g/mol. The molecular formula is C20H20N6O4S2. The maximum absolute atomic E-state index is 12.8. The Labute approximate surface area is 191 Å². The summed E-state index contributed by atoms with van der Waals surface area (Å²) in [4.78, 5) is 38.8. The lowest BCUT2D eigenvalue weighted by Crippen LogP contribution is -2.70. The van der Waals surface area contributed by atoms with E-state index in [0.717, 1.165) is 12.0 Å². The number of carboxylic acids is 1. The molecule has 5 rings (SSSR count). The van der Waals surface area contributed by atoms with Gasteiger partial charge >= 0.3 is 5.97 Å². The molecular weight excluding hydrogens is 452 g/mol. The van der Waals surface area contributed by atoms with Crippen LogP contribution in [-0.4, -0.2) is 70.9 Å². The van der Waals surface area contributed by atoms with E-state index in [1.165, 1.54) is 33.1 Å². The number of benzene rings is 1. The predicted octanol–water partition coefficient (Wildman–Crippen LogP) is 0.845. The molecule has 4 atom stereocenters. The first-order chi connectivity index (χ1) is 15.5. The van der Waals surface area contributed by atoms with E-state index in [4.69, 9.17) is 0 Å². The second-order valence-corrected chi connectivity index (χ2v) is 9.93. The van der Waals surface area contributed by atoms with Crippen molar-refractivity contribution < 1.29 is 19.5 Å². The van der Waals surface area contributed by atoms with Crippen molar-refractivity contribution in [2.24, 2.45) is 13.0 Å². The molecule has 1 aromatic heterocycles. The van der Waals surface area contributed by atoms with Crippen LogP contribution in [0.15, 0.2) is 46.8 Å². The molecule has 1 aromatic carbocycles. The summed E-state index contributed by atoms with van der Waals surface area (Å²) in [6, 6.07) is 9.15. The van der Waals surface area contributed by atoms with Gasteiger partial charge in [0, 0.05) is 24.5 Å². The molecule has 0 radical (unpaired) electrons. The Kier molecular flexibility index (Phi) is 5.41. The molecule has 3 aliphatic rings. The molecule has 2 aromatic rings. The Balaban J connectivity index is 1.25. The average molecular weight is 473 g/mol. The zero-order valence-corrected chi connectivity index (χ0v) is 18.7. The number of carbonyl (C=O) groups is 3. The van der Waals surface area contributed by atoms with Gasteiger partial charge in [-0.1, -0.05) is 42.1 Å². The third-order valence-corrected chi connectivity index (χ3v) is 8.30. The molecule has 0 spiro atoms. The van der Waals surface area contributed by atoms with Crippen LogP contribution < -0.4 is 5.32 Å². The second-order valence-electron chi connectivity index (χ2n) is 7.89. The number of fused-ring (bicyclic) bond motifs is 1. The van der Waals surface area contributed by atoms with Crippen molar-refractivity contribution in [2.75, 3.05) is 11.5 Å². The number of amides is 2. The highest BCUT2D eigenvalue weighted by Gasteiger charge is 2.55. The Morgan fingerprint density at radius 2 is 2.09 bits per heavy atom. The first kappa shape index (κ1) is 21.0. The van der Waals surface area contributed by atoms with Gasteiger partial charge in [-0.3, -0.25) is 14.5 Å². The van der Waals surface area contributed by atoms with Gasteiger partial charge in [-0.25, -0.2) is 9.48 Å². The van der Waals surface area contributed by atoms with Crippen LogP contribution in [0.4, 0.5) is 0 Å². The number of aromatic nitrogens is 4. The minimum absolute atomic E-state index is 0.000426. The number of nitrogens with one attached hydrogen (secondary N) is 1. The minimum Gasteiger partial charge on any atom is -0.477 e. The van der Waals surface area contributed by atoms with E-state index in [0.29, 0.717) is 22.2 Å². The van der Waals surface area contributed by atoms with Crippen molar-refractivity contribution in [1.29, 1.82) is 0 Å². The Hall–Kier alpha value is -2.86. The quantitative estimate of drug-likeness (QED) is 0.445. The van der Waals surface area contributed by atoms with Crippen molar-refractivity contribution in [3.63, 3.8) is 0 Å². The molecule has 2 N–H and O–H groups in total. The summed E-state index contributed by atoms with van der Waals surface area (Å²) >= 11 is 2.78. The number of hydrogen-bond acceptors (Lipinski definition) is 8. The first-order valence-corrected chi connectivity index (χ1v) is 12.1. The molecule has 12 heteroatoms. The van der Waals surface area contributed by atoms with Crippen LogP contribution in [-0.2, 0) is 21.4 Å². The van der Waals surface area contributed by atoms with Crippen molar-refractivity contribution in [3.8, 4) is 0 Å². The summed E-state index contributed by atoms with van der Waals surface area (Å²) in [6.45, 7) is 0. The maximum Gasteiger partial charge on any atom is 0.352 e. The molecule has 2 aliphatic heterocycles. The zero-order chi connectivity index (χ0) is 22.4. The van der Waals surface area contributed by atoms with Crippen LogP contribution in [0.25, 0.3) is 0 Å². The number of nitrogens with zero attached hydrogens (tertiary/aromatic N) is 5. The lowest BCUT2D eigenvalue weighted by atomic mass is 10.0. The van der Waals surface area contributed by atoms with Crippen molar-refractivity contribution in [3.05, 3.63) is 47.2 Å². The zero-order valence-electron chi connectivity index (χ0n) is 17.0. The molecule has 10 nitrogen and oxygen atoms in total. The van der Waals surface area contributed by atoms with E-state index in [2.05, 4.69) is 20.8 Å². The van der Waals surface area contributed by atoms with E-state index in [1.807, 2.05) is 30.3 Å². The summed E-state index contributed by atoms with van der Waals surface area (Å²) in [6.07, 6.45) is 0.761. The SMILES string of the molecule is Cn1nnnc1SCC1=C(C(=O)O)N2C(=O)[C@H](NC(=O)[C@@H]3C[C@@H]3c3ccccc3)[C@@H]2SC1. The van der Waals surface area contributed by atoms with Crippen LogP contribution in [0.1, 0.15) is 17.9 Å². The summed E-state index contributed by atoms with van der Waals surface area (Å²) < 4.78 is 1.51. The lowest BCUT2D eigenvalue weighted by Gasteiger charge is -2.49. The van der Waals surface area contributed by atoms with Crippen LogP contribution in [0.3, 0.4) is 0 Å². The standard InChI is InChI=1S/C20H20N6O4S2/c1-25-20(22-23-24-25)32-9-11-8-31-18-14(17(28)26(18)15(11)19(29)30)21-16(27)13-7-12(13)10-5-3-2-4-6-10/h2-6,12-14,18H,7-9H2,1H3,(H,21,27)(H,29,30)/t12-,13-,14+,18+/m1/s1. The van der Waals surface area contributed by atoms with Gasteiger partial charge in [0.1, 0.15) is 17.1 Å². The van der Waals surface area contributed by atoms with Gasteiger partial charge in [-0.2, -0.15) is 0 Å². The first-order valence-electron chi connectivity index (χ1n) is 10.1. The van der Waals surface area contributed by atoms with Crippen molar-refractivity contribution in [1.82, 2.24) is 30.4 Å². The smallest absolute Gasteiger partial charge is 0.352 e. The number of rotatable bonds is 7. The Morgan fingerprint density at radius 3 is 2.78 bits per heavy atom. The maximum atomic E-state index is 12.8. The number of thioether (sulfide) groups is 2.